The van der Waals surface area contributed by atoms with Crippen molar-refractivity contribution in [3.63, 3.8) is 0 Å². The van der Waals surface area contributed by atoms with E-state index in [9.17, 15) is 0 Å². The van der Waals surface area contributed by atoms with E-state index < -0.39 is 0 Å². The van der Waals surface area contributed by atoms with Gasteiger partial charge in [0, 0.05) is 33.9 Å². The van der Waals surface area contributed by atoms with Gasteiger partial charge in [-0.2, -0.15) is 0 Å². The predicted octanol–water partition coefficient (Wildman–Crippen LogP) is 5.49. The molecular formula is C17H12BrClN4S. The Labute approximate surface area is 156 Å². The van der Waals surface area contributed by atoms with Crippen LogP contribution in [0.1, 0.15) is 5.01 Å². The van der Waals surface area contributed by atoms with Crippen molar-refractivity contribution in [2.75, 3.05) is 5.32 Å². The fourth-order valence-corrected chi connectivity index (χ4v) is 3.72. The molecule has 1 N–H and O–H groups in total. The molecular weight excluding hydrogens is 408 g/mol. The van der Waals surface area contributed by atoms with Crippen molar-refractivity contribution in [2.45, 2.75) is 6.54 Å². The SMILES string of the molecule is Clc1ccccc1-c1cc(NCc2nccs2)c2ncc(Br)n2c1. The molecule has 0 aliphatic rings. The number of imidazole rings is 1. The van der Waals surface area contributed by atoms with E-state index in [4.69, 9.17) is 11.6 Å². The van der Waals surface area contributed by atoms with Crippen molar-refractivity contribution >= 4 is 50.2 Å². The second kappa shape index (κ2) is 6.55. The Morgan fingerprint density at radius 3 is 2.92 bits per heavy atom. The fraction of sp³-hybridized carbons (Fsp3) is 0.0588. The third-order valence-electron chi connectivity index (χ3n) is 3.66. The van der Waals surface area contributed by atoms with Gasteiger partial charge in [0.15, 0.2) is 5.65 Å². The largest absolute Gasteiger partial charge is 0.376 e. The maximum absolute atomic E-state index is 6.37. The highest BCUT2D eigenvalue weighted by Crippen LogP contribution is 2.32. The van der Waals surface area contributed by atoms with E-state index in [-0.39, 0.29) is 0 Å². The van der Waals surface area contributed by atoms with Crippen molar-refractivity contribution in [2.24, 2.45) is 0 Å². The summed E-state index contributed by atoms with van der Waals surface area (Å²) in [6.07, 6.45) is 5.63. The van der Waals surface area contributed by atoms with E-state index in [1.54, 1.807) is 17.5 Å². The predicted molar refractivity (Wildman–Crippen MR) is 103 cm³/mol. The van der Waals surface area contributed by atoms with E-state index in [0.717, 1.165) is 37.1 Å². The molecule has 0 unspecified atom stereocenters. The van der Waals surface area contributed by atoms with Crippen LogP contribution in [0.4, 0.5) is 5.69 Å². The number of anilines is 1. The molecule has 0 amide bonds. The van der Waals surface area contributed by atoms with Crippen LogP contribution in [0.15, 0.2) is 58.9 Å². The van der Waals surface area contributed by atoms with Gasteiger partial charge >= 0.3 is 0 Å². The smallest absolute Gasteiger partial charge is 0.161 e. The van der Waals surface area contributed by atoms with Crippen LogP contribution >= 0.6 is 38.9 Å². The number of nitrogens with zero attached hydrogens (tertiary/aromatic N) is 3. The quantitative estimate of drug-likeness (QED) is 0.476. The molecule has 0 bridgehead atoms. The number of nitrogens with one attached hydrogen (secondary N) is 1. The van der Waals surface area contributed by atoms with Gasteiger partial charge in [-0.1, -0.05) is 29.8 Å². The molecule has 0 fully saturated rings. The zero-order valence-corrected chi connectivity index (χ0v) is 15.6. The Morgan fingerprint density at radius 2 is 2.12 bits per heavy atom. The van der Waals surface area contributed by atoms with E-state index in [0.29, 0.717) is 6.54 Å². The van der Waals surface area contributed by atoms with Crippen molar-refractivity contribution in [1.82, 2.24) is 14.4 Å². The van der Waals surface area contributed by atoms with Gasteiger partial charge in [0.05, 0.1) is 18.4 Å². The zero-order chi connectivity index (χ0) is 16.5. The third kappa shape index (κ3) is 2.92. The van der Waals surface area contributed by atoms with E-state index in [1.807, 2.05) is 46.4 Å². The number of aromatic nitrogens is 3. The third-order valence-corrected chi connectivity index (χ3v) is 5.36. The molecule has 0 aliphatic heterocycles. The Bertz CT molecular complexity index is 997. The highest BCUT2D eigenvalue weighted by atomic mass is 79.9. The van der Waals surface area contributed by atoms with Crippen molar-refractivity contribution < 1.29 is 0 Å². The molecule has 3 heterocycles. The molecule has 4 rings (SSSR count). The summed E-state index contributed by atoms with van der Waals surface area (Å²) in [5.74, 6) is 0. The van der Waals surface area contributed by atoms with Crippen molar-refractivity contribution in [1.29, 1.82) is 0 Å². The van der Waals surface area contributed by atoms with Crippen LogP contribution in [0, 0.1) is 0 Å². The van der Waals surface area contributed by atoms with Crippen LogP contribution in [0.5, 0.6) is 0 Å². The van der Waals surface area contributed by atoms with Crippen LogP contribution in [0.3, 0.4) is 0 Å². The lowest BCUT2D eigenvalue weighted by atomic mass is 10.1. The molecule has 0 spiro atoms. The first-order chi connectivity index (χ1) is 11.7. The van der Waals surface area contributed by atoms with Gasteiger partial charge < -0.3 is 5.32 Å². The standard InChI is InChI=1S/C17H12BrClN4S/c18-15-8-22-17-14(21-9-16-20-5-6-24-16)7-11(10-23(15)17)12-3-1-2-4-13(12)19/h1-8,10,21H,9H2. The molecule has 1 aromatic carbocycles. The van der Waals surface area contributed by atoms with Crippen molar-refractivity contribution in [3.8, 4) is 11.1 Å². The zero-order valence-electron chi connectivity index (χ0n) is 12.4. The first-order valence-electron chi connectivity index (χ1n) is 7.26. The topological polar surface area (TPSA) is 42.2 Å². The molecule has 0 radical (unpaired) electrons. The van der Waals surface area contributed by atoms with Crippen LogP contribution in [0.25, 0.3) is 16.8 Å². The lowest BCUT2D eigenvalue weighted by Gasteiger charge is -2.11. The molecule has 0 atom stereocenters. The Balaban J connectivity index is 1.81. The fourth-order valence-electron chi connectivity index (χ4n) is 2.54. The second-order valence-electron chi connectivity index (χ2n) is 5.18. The lowest BCUT2D eigenvalue weighted by molar-refractivity contribution is 1.09. The summed E-state index contributed by atoms with van der Waals surface area (Å²) in [6, 6.07) is 9.89. The van der Waals surface area contributed by atoms with E-state index >= 15 is 0 Å². The molecule has 4 aromatic rings. The first-order valence-corrected chi connectivity index (χ1v) is 9.31. The summed E-state index contributed by atoms with van der Waals surface area (Å²) in [5.41, 5.74) is 3.80. The summed E-state index contributed by atoms with van der Waals surface area (Å²) in [4.78, 5) is 8.79. The number of fused-ring (bicyclic) bond motifs is 1. The summed E-state index contributed by atoms with van der Waals surface area (Å²) in [6.45, 7) is 0.657. The van der Waals surface area contributed by atoms with Crippen LogP contribution in [-0.2, 0) is 6.54 Å². The monoisotopic (exact) mass is 418 g/mol. The molecule has 24 heavy (non-hydrogen) atoms. The highest BCUT2D eigenvalue weighted by molar-refractivity contribution is 9.10. The van der Waals surface area contributed by atoms with Crippen molar-refractivity contribution in [3.05, 3.63) is 68.9 Å². The van der Waals surface area contributed by atoms with Crippen LogP contribution < -0.4 is 5.32 Å². The van der Waals surface area contributed by atoms with Gasteiger partial charge in [0.2, 0.25) is 0 Å². The summed E-state index contributed by atoms with van der Waals surface area (Å²) in [5, 5.41) is 7.16. The van der Waals surface area contributed by atoms with Crippen LogP contribution in [0.2, 0.25) is 5.02 Å². The molecule has 3 aromatic heterocycles. The lowest BCUT2D eigenvalue weighted by Crippen LogP contribution is -2.02. The molecule has 7 heteroatoms. The molecule has 120 valence electrons. The number of benzene rings is 1. The first kappa shape index (κ1) is 15.6. The van der Waals surface area contributed by atoms with Gasteiger partial charge in [-0.15, -0.1) is 11.3 Å². The number of hydrogen-bond acceptors (Lipinski definition) is 4. The van der Waals surface area contributed by atoms with Gasteiger partial charge in [-0.3, -0.25) is 4.40 Å². The number of hydrogen-bond donors (Lipinski definition) is 1. The average molecular weight is 420 g/mol. The second-order valence-corrected chi connectivity index (χ2v) is 7.38. The summed E-state index contributed by atoms with van der Waals surface area (Å²) in [7, 11) is 0. The molecule has 4 nitrogen and oxygen atoms in total. The van der Waals surface area contributed by atoms with Gasteiger partial charge in [0.1, 0.15) is 9.61 Å². The molecule has 0 saturated heterocycles. The highest BCUT2D eigenvalue weighted by Gasteiger charge is 2.12. The average Bonchev–Trinajstić information content (AvgIpc) is 3.23. The number of pyridine rings is 1. The number of thiazole rings is 1. The summed E-state index contributed by atoms with van der Waals surface area (Å²) < 4.78 is 2.90. The molecule has 0 aliphatic carbocycles. The summed E-state index contributed by atoms with van der Waals surface area (Å²) >= 11 is 11.5. The Kier molecular flexibility index (Phi) is 4.26. The minimum atomic E-state index is 0.657. The Hall–Kier alpha value is -1.89. The van der Waals surface area contributed by atoms with Gasteiger partial charge in [-0.05, 0) is 28.1 Å². The van der Waals surface area contributed by atoms with E-state index in [1.165, 1.54) is 0 Å². The molecule has 0 saturated carbocycles. The maximum Gasteiger partial charge on any atom is 0.161 e. The number of rotatable bonds is 4. The van der Waals surface area contributed by atoms with E-state index in [2.05, 4.69) is 37.3 Å². The minimum absolute atomic E-state index is 0.657. The Morgan fingerprint density at radius 1 is 1.25 bits per heavy atom. The van der Waals surface area contributed by atoms with Gasteiger partial charge in [0.25, 0.3) is 0 Å². The number of halogens is 2. The minimum Gasteiger partial charge on any atom is -0.376 e. The normalized spacial score (nSPS) is 11.1. The maximum atomic E-state index is 6.37. The van der Waals surface area contributed by atoms with Crippen LogP contribution in [-0.4, -0.2) is 14.4 Å². The van der Waals surface area contributed by atoms with Gasteiger partial charge in [-0.25, -0.2) is 9.97 Å².